The summed E-state index contributed by atoms with van der Waals surface area (Å²) in [5.74, 6) is 2.36. The molecule has 2 aliphatic carbocycles. The molecule has 168 valence electrons. The third-order valence-electron chi connectivity index (χ3n) is 6.82. The molecule has 0 spiro atoms. The van der Waals surface area contributed by atoms with Gasteiger partial charge in [0.1, 0.15) is 0 Å². The smallest absolute Gasteiger partial charge is 0.220 e. The molecule has 0 aromatic heterocycles. The highest BCUT2D eigenvalue weighted by molar-refractivity contribution is 5.79. The summed E-state index contributed by atoms with van der Waals surface area (Å²) in [4.78, 5) is 23.4. The minimum atomic E-state index is -0.257. The fourth-order valence-corrected chi connectivity index (χ4v) is 5.41. The van der Waals surface area contributed by atoms with Gasteiger partial charge in [-0.2, -0.15) is 0 Å². The number of amides is 2. The lowest BCUT2D eigenvalue weighted by molar-refractivity contribution is -0.123. The summed E-state index contributed by atoms with van der Waals surface area (Å²) in [6, 6.07) is 0. The third-order valence-corrected chi connectivity index (χ3v) is 6.82. The van der Waals surface area contributed by atoms with Gasteiger partial charge in [0.15, 0.2) is 0 Å². The summed E-state index contributed by atoms with van der Waals surface area (Å²) in [5.41, 5.74) is -0.257. The van der Waals surface area contributed by atoms with Crippen LogP contribution in [0.2, 0.25) is 0 Å². The van der Waals surface area contributed by atoms with Gasteiger partial charge < -0.3 is 15.4 Å². The highest BCUT2D eigenvalue weighted by atomic mass is 16.5. The molecule has 29 heavy (non-hydrogen) atoms. The Labute approximate surface area is 178 Å². The van der Waals surface area contributed by atoms with Crippen molar-refractivity contribution >= 4 is 11.8 Å². The van der Waals surface area contributed by atoms with E-state index in [1.165, 1.54) is 51.4 Å². The largest absolute Gasteiger partial charge is 0.378 e. The van der Waals surface area contributed by atoms with Crippen molar-refractivity contribution in [1.82, 2.24) is 10.6 Å². The molecule has 2 aliphatic rings. The highest BCUT2D eigenvalue weighted by Gasteiger charge is 2.30. The van der Waals surface area contributed by atoms with Gasteiger partial charge in [-0.25, -0.2) is 0 Å². The number of nitrogens with one attached hydrogen (secondary N) is 2. The van der Waals surface area contributed by atoms with Crippen molar-refractivity contribution in [3.63, 3.8) is 0 Å². The normalized spacial score (nSPS) is 24.3. The average molecular weight is 409 g/mol. The zero-order valence-corrected chi connectivity index (χ0v) is 19.2. The standard InChI is InChI=1S/C24H44N2O3/c1-18(16-24(2,3)26-23(28)11-7-10-22(27)25-4)17-29-21-14-12-20(13-15-21)19-8-5-6-9-19/h18-21H,5-17H2,1-4H3,(H,25,27)(H,26,28). The average Bonchev–Trinajstić information content (AvgIpc) is 3.20. The highest BCUT2D eigenvalue weighted by Crippen LogP contribution is 2.39. The Morgan fingerprint density at radius 2 is 1.55 bits per heavy atom. The zero-order valence-electron chi connectivity index (χ0n) is 19.2. The second kappa shape index (κ2) is 11.9. The molecule has 0 saturated heterocycles. The van der Waals surface area contributed by atoms with Crippen LogP contribution in [0.3, 0.4) is 0 Å². The van der Waals surface area contributed by atoms with Gasteiger partial charge in [-0.15, -0.1) is 0 Å². The molecule has 1 atom stereocenters. The molecule has 0 radical (unpaired) electrons. The Balaban J connectivity index is 1.60. The summed E-state index contributed by atoms with van der Waals surface area (Å²) < 4.78 is 6.25. The Hall–Kier alpha value is -1.10. The monoisotopic (exact) mass is 408 g/mol. The van der Waals surface area contributed by atoms with E-state index in [0.29, 0.717) is 31.3 Å². The second-order valence-corrected chi connectivity index (χ2v) is 10.2. The van der Waals surface area contributed by atoms with Crippen LogP contribution in [0.15, 0.2) is 0 Å². The second-order valence-electron chi connectivity index (χ2n) is 10.2. The van der Waals surface area contributed by atoms with E-state index in [-0.39, 0.29) is 17.4 Å². The van der Waals surface area contributed by atoms with Gasteiger partial charge in [0.2, 0.25) is 11.8 Å². The molecular weight excluding hydrogens is 364 g/mol. The van der Waals surface area contributed by atoms with Crippen LogP contribution in [0.1, 0.15) is 97.8 Å². The van der Waals surface area contributed by atoms with Crippen molar-refractivity contribution in [2.45, 2.75) is 109 Å². The first-order chi connectivity index (χ1) is 13.8. The van der Waals surface area contributed by atoms with Crippen LogP contribution < -0.4 is 10.6 Å². The summed E-state index contributed by atoms with van der Waals surface area (Å²) in [6.07, 6.45) is 13.6. The van der Waals surface area contributed by atoms with Crippen LogP contribution in [0.25, 0.3) is 0 Å². The Bertz CT molecular complexity index is 506. The van der Waals surface area contributed by atoms with E-state index in [1.807, 2.05) is 0 Å². The maximum atomic E-state index is 12.2. The fourth-order valence-electron chi connectivity index (χ4n) is 5.41. The van der Waals surface area contributed by atoms with Crippen LogP contribution in [0.4, 0.5) is 0 Å². The molecule has 1 unspecified atom stereocenters. The topological polar surface area (TPSA) is 67.4 Å². The van der Waals surface area contributed by atoms with E-state index < -0.39 is 0 Å². The molecule has 2 N–H and O–H groups in total. The maximum Gasteiger partial charge on any atom is 0.220 e. The van der Waals surface area contributed by atoms with Crippen molar-refractivity contribution in [1.29, 1.82) is 0 Å². The van der Waals surface area contributed by atoms with Crippen molar-refractivity contribution in [3.8, 4) is 0 Å². The third kappa shape index (κ3) is 9.06. The zero-order chi connectivity index (χ0) is 21.3. The molecule has 2 fully saturated rings. The number of hydrogen-bond donors (Lipinski definition) is 2. The molecule has 0 bridgehead atoms. The van der Waals surface area contributed by atoms with Crippen LogP contribution >= 0.6 is 0 Å². The lowest BCUT2D eigenvalue weighted by Crippen LogP contribution is -2.45. The molecule has 0 aliphatic heterocycles. The number of carbonyl (C=O) groups is 2. The summed E-state index contributed by atoms with van der Waals surface area (Å²) in [7, 11) is 1.62. The molecule has 2 amide bonds. The number of rotatable bonds is 11. The van der Waals surface area contributed by atoms with Crippen molar-refractivity contribution < 1.29 is 14.3 Å². The van der Waals surface area contributed by atoms with Crippen LogP contribution in [-0.2, 0) is 14.3 Å². The minimum Gasteiger partial charge on any atom is -0.378 e. The molecule has 0 aromatic rings. The first-order valence-electron chi connectivity index (χ1n) is 11.9. The predicted molar refractivity (Wildman–Crippen MR) is 118 cm³/mol. The molecular formula is C24H44N2O3. The predicted octanol–water partition coefficient (Wildman–Crippen LogP) is 4.59. The first kappa shape index (κ1) is 24.2. The van der Waals surface area contributed by atoms with Gasteiger partial charge >= 0.3 is 0 Å². The Morgan fingerprint density at radius 1 is 0.966 bits per heavy atom. The number of hydrogen-bond acceptors (Lipinski definition) is 3. The quantitative estimate of drug-likeness (QED) is 0.525. The Morgan fingerprint density at radius 3 is 2.17 bits per heavy atom. The molecule has 2 rings (SSSR count). The van der Waals surface area contributed by atoms with E-state index in [9.17, 15) is 9.59 Å². The van der Waals surface area contributed by atoms with E-state index in [4.69, 9.17) is 4.74 Å². The first-order valence-corrected chi connectivity index (χ1v) is 11.9. The van der Waals surface area contributed by atoms with Crippen LogP contribution in [0.5, 0.6) is 0 Å². The van der Waals surface area contributed by atoms with Gasteiger partial charge in [-0.3, -0.25) is 9.59 Å². The van der Waals surface area contributed by atoms with Crippen molar-refractivity contribution in [3.05, 3.63) is 0 Å². The minimum absolute atomic E-state index is 0.0138. The van der Waals surface area contributed by atoms with Gasteiger partial charge in [-0.1, -0.05) is 32.6 Å². The Kier molecular flexibility index (Phi) is 9.94. The number of carbonyl (C=O) groups excluding carboxylic acids is 2. The summed E-state index contributed by atoms with van der Waals surface area (Å²) >= 11 is 0. The van der Waals surface area contributed by atoms with E-state index in [0.717, 1.165) is 24.9 Å². The molecule has 0 heterocycles. The van der Waals surface area contributed by atoms with E-state index in [1.54, 1.807) is 7.05 Å². The van der Waals surface area contributed by atoms with Crippen molar-refractivity contribution in [2.24, 2.45) is 17.8 Å². The van der Waals surface area contributed by atoms with Crippen LogP contribution in [0, 0.1) is 17.8 Å². The molecule has 5 nitrogen and oxygen atoms in total. The van der Waals surface area contributed by atoms with Crippen LogP contribution in [-0.4, -0.2) is 37.1 Å². The van der Waals surface area contributed by atoms with E-state index >= 15 is 0 Å². The SMILES string of the molecule is CNC(=O)CCCC(=O)NC(C)(C)CC(C)COC1CCC(C2CCCC2)CC1. The lowest BCUT2D eigenvalue weighted by Gasteiger charge is -2.34. The van der Waals surface area contributed by atoms with Gasteiger partial charge in [-0.05, 0) is 70.1 Å². The fraction of sp³-hybridized carbons (Fsp3) is 0.917. The summed E-state index contributed by atoms with van der Waals surface area (Å²) in [5, 5.41) is 5.71. The van der Waals surface area contributed by atoms with Crippen molar-refractivity contribution in [2.75, 3.05) is 13.7 Å². The van der Waals surface area contributed by atoms with Gasteiger partial charge in [0.05, 0.1) is 6.10 Å². The van der Waals surface area contributed by atoms with Gasteiger partial charge in [0.25, 0.3) is 0 Å². The summed E-state index contributed by atoms with van der Waals surface area (Å²) in [6.45, 7) is 7.14. The van der Waals surface area contributed by atoms with E-state index in [2.05, 4.69) is 31.4 Å². The maximum absolute atomic E-state index is 12.2. The molecule has 5 heteroatoms. The molecule has 0 aromatic carbocycles. The molecule has 2 saturated carbocycles. The lowest BCUT2D eigenvalue weighted by atomic mass is 9.78. The van der Waals surface area contributed by atoms with Gasteiger partial charge in [0, 0.05) is 32.0 Å². The number of ether oxygens (including phenoxy) is 1.